The maximum atomic E-state index is 14.0. The van der Waals surface area contributed by atoms with E-state index in [0.29, 0.717) is 29.4 Å². The number of imidazole rings is 1. The van der Waals surface area contributed by atoms with Gasteiger partial charge in [-0.1, -0.05) is 6.92 Å². The lowest BCUT2D eigenvalue weighted by Crippen LogP contribution is -2.37. The Morgan fingerprint density at radius 3 is 2.56 bits per heavy atom. The highest BCUT2D eigenvalue weighted by Gasteiger charge is 2.40. The minimum absolute atomic E-state index is 0.0151. The third kappa shape index (κ3) is 6.34. The Hall–Kier alpha value is -3.63. The molecule has 2 atom stereocenters. The molecular weight excluding hydrogens is 506 g/mol. The zero-order valence-corrected chi connectivity index (χ0v) is 22.2. The molecule has 0 aliphatic heterocycles. The van der Waals surface area contributed by atoms with Crippen molar-refractivity contribution >= 4 is 17.5 Å². The number of nitrogens with one attached hydrogen (secondary N) is 2. The van der Waals surface area contributed by atoms with E-state index >= 15 is 0 Å². The first-order valence-corrected chi connectivity index (χ1v) is 13.6. The van der Waals surface area contributed by atoms with Gasteiger partial charge in [-0.25, -0.2) is 18.3 Å². The number of halogens is 2. The summed E-state index contributed by atoms with van der Waals surface area (Å²) in [6.45, 7) is 1.97. The predicted octanol–water partition coefficient (Wildman–Crippen LogP) is 4.80. The first kappa shape index (κ1) is 27.0. The standard InChI is InChI=1S/C28H34F2N6O3/c1-3-4-24(37)34-25(17-5-6-17)19-13-23-33-22(16-36(23)32-15-19)26(18-7-10-28(29,30)11-8-18)35-27(38)21-14-20(39-2)9-12-31-21/h9,12-18,25-26H,3-8,10-11H2,1-2H3,(H,34,37)(H,35,38)/t25-,26+/m1/s1. The molecule has 3 heterocycles. The first-order valence-electron chi connectivity index (χ1n) is 13.6. The Labute approximate surface area is 225 Å². The van der Waals surface area contributed by atoms with Crippen LogP contribution in [0.2, 0.25) is 0 Å². The molecule has 2 amide bonds. The average molecular weight is 541 g/mol. The van der Waals surface area contributed by atoms with Crippen LogP contribution in [0.1, 0.15) is 92.1 Å². The molecule has 2 N–H and O–H groups in total. The molecule has 9 nitrogen and oxygen atoms in total. The third-order valence-corrected chi connectivity index (χ3v) is 7.64. The summed E-state index contributed by atoms with van der Waals surface area (Å²) >= 11 is 0. The lowest BCUT2D eigenvalue weighted by atomic mass is 9.81. The van der Waals surface area contributed by atoms with Gasteiger partial charge in [0.05, 0.1) is 37.3 Å². The lowest BCUT2D eigenvalue weighted by molar-refractivity contribution is -0.122. The van der Waals surface area contributed by atoms with Gasteiger partial charge in [0.1, 0.15) is 11.4 Å². The normalized spacial score (nSPS) is 18.9. The van der Waals surface area contributed by atoms with Crippen LogP contribution in [0.4, 0.5) is 8.78 Å². The van der Waals surface area contributed by atoms with Gasteiger partial charge in [-0.3, -0.25) is 14.6 Å². The van der Waals surface area contributed by atoms with Gasteiger partial charge in [0.25, 0.3) is 5.91 Å². The van der Waals surface area contributed by atoms with E-state index < -0.39 is 17.9 Å². The van der Waals surface area contributed by atoms with Crippen molar-refractivity contribution in [3.05, 3.63) is 53.7 Å². The summed E-state index contributed by atoms with van der Waals surface area (Å²) in [7, 11) is 1.50. The van der Waals surface area contributed by atoms with Gasteiger partial charge in [-0.05, 0) is 61.6 Å². The van der Waals surface area contributed by atoms with Gasteiger partial charge in [-0.2, -0.15) is 5.10 Å². The number of fused-ring (bicyclic) bond motifs is 1. The van der Waals surface area contributed by atoms with Crippen LogP contribution in [0.15, 0.2) is 36.8 Å². The Balaban J connectivity index is 1.43. The molecule has 2 aliphatic rings. The number of rotatable bonds is 10. The molecule has 208 valence electrons. The van der Waals surface area contributed by atoms with E-state index in [1.54, 1.807) is 23.0 Å². The number of carbonyl (C=O) groups is 2. The van der Waals surface area contributed by atoms with E-state index in [1.165, 1.54) is 19.4 Å². The topological polar surface area (TPSA) is 111 Å². The van der Waals surface area contributed by atoms with E-state index in [9.17, 15) is 18.4 Å². The van der Waals surface area contributed by atoms with Gasteiger partial charge in [-0.15, -0.1) is 0 Å². The Morgan fingerprint density at radius 1 is 1.13 bits per heavy atom. The van der Waals surface area contributed by atoms with E-state index in [4.69, 9.17) is 9.72 Å². The van der Waals surface area contributed by atoms with E-state index in [1.807, 2.05) is 13.0 Å². The van der Waals surface area contributed by atoms with Crippen LogP contribution in [0.5, 0.6) is 5.75 Å². The van der Waals surface area contributed by atoms with Gasteiger partial charge >= 0.3 is 0 Å². The fourth-order valence-electron chi connectivity index (χ4n) is 5.31. The Kier molecular flexibility index (Phi) is 7.76. The number of alkyl halides is 2. The number of pyridine rings is 1. The second-order valence-electron chi connectivity index (χ2n) is 10.6. The number of amides is 2. The van der Waals surface area contributed by atoms with Crippen LogP contribution >= 0.6 is 0 Å². The summed E-state index contributed by atoms with van der Waals surface area (Å²) < 4.78 is 34.8. The number of aromatic nitrogens is 4. The van der Waals surface area contributed by atoms with Gasteiger partial charge in [0, 0.05) is 31.5 Å². The summed E-state index contributed by atoms with van der Waals surface area (Å²) in [5.74, 6) is -2.48. The van der Waals surface area contributed by atoms with Crippen molar-refractivity contribution in [2.75, 3.05) is 7.11 Å². The molecule has 2 saturated carbocycles. The molecule has 0 spiro atoms. The van der Waals surface area contributed by atoms with E-state index in [2.05, 4.69) is 20.7 Å². The maximum Gasteiger partial charge on any atom is 0.270 e. The number of nitrogens with zero attached hydrogens (tertiary/aromatic N) is 4. The molecule has 3 aromatic rings. The monoisotopic (exact) mass is 540 g/mol. The van der Waals surface area contributed by atoms with Gasteiger partial charge in [0.15, 0.2) is 5.65 Å². The van der Waals surface area contributed by atoms with Crippen LogP contribution in [-0.2, 0) is 4.79 Å². The molecule has 11 heteroatoms. The molecular formula is C28H34F2N6O3. The number of ether oxygens (including phenoxy) is 1. The average Bonchev–Trinajstić information content (AvgIpc) is 3.68. The Morgan fingerprint density at radius 2 is 1.87 bits per heavy atom. The van der Waals surface area contributed by atoms with E-state index in [-0.39, 0.29) is 49.2 Å². The first-order chi connectivity index (χ1) is 18.8. The molecule has 0 saturated heterocycles. The van der Waals surface area contributed by atoms with Crippen molar-refractivity contribution in [2.24, 2.45) is 11.8 Å². The molecule has 2 fully saturated rings. The third-order valence-electron chi connectivity index (χ3n) is 7.64. The summed E-state index contributed by atoms with van der Waals surface area (Å²) in [6, 6.07) is 4.35. The van der Waals surface area contributed by atoms with Crippen molar-refractivity contribution in [1.82, 2.24) is 30.2 Å². The molecule has 39 heavy (non-hydrogen) atoms. The highest BCUT2D eigenvalue weighted by atomic mass is 19.3. The van der Waals surface area contributed by atoms with Crippen LogP contribution < -0.4 is 15.4 Å². The van der Waals surface area contributed by atoms with Crippen molar-refractivity contribution < 1.29 is 23.1 Å². The summed E-state index contributed by atoms with van der Waals surface area (Å²) in [4.78, 5) is 34.5. The van der Waals surface area contributed by atoms with Crippen molar-refractivity contribution in [3.63, 3.8) is 0 Å². The fraction of sp³-hybridized carbons (Fsp3) is 0.536. The molecule has 0 aromatic carbocycles. The van der Waals surface area contributed by atoms with Gasteiger partial charge < -0.3 is 15.4 Å². The van der Waals surface area contributed by atoms with Crippen LogP contribution in [0.3, 0.4) is 0 Å². The molecule has 0 unspecified atom stereocenters. The quantitative estimate of drug-likeness (QED) is 0.382. The highest BCUT2D eigenvalue weighted by Crippen LogP contribution is 2.42. The minimum atomic E-state index is -2.70. The SMILES string of the molecule is CCCC(=O)N[C@@H](c1cnn2cc([C@@H](NC(=O)c3cc(OC)ccn3)C3CCC(F)(F)CC3)nc2c1)C1CC1. The second kappa shape index (κ2) is 11.2. The molecule has 2 aliphatic carbocycles. The van der Waals surface area contributed by atoms with Crippen LogP contribution in [0.25, 0.3) is 5.65 Å². The number of hydrogen-bond donors (Lipinski definition) is 2. The van der Waals surface area contributed by atoms with E-state index in [0.717, 1.165) is 24.8 Å². The summed E-state index contributed by atoms with van der Waals surface area (Å²) in [5.41, 5.74) is 2.16. The fourth-order valence-corrected chi connectivity index (χ4v) is 5.31. The number of methoxy groups -OCH3 is 1. The molecule has 5 rings (SSSR count). The smallest absolute Gasteiger partial charge is 0.270 e. The predicted molar refractivity (Wildman–Crippen MR) is 139 cm³/mol. The van der Waals surface area contributed by atoms with Crippen LogP contribution in [0, 0.1) is 11.8 Å². The highest BCUT2D eigenvalue weighted by molar-refractivity contribution is 5.92. The minimum Gasteiger partial charge on any atom is -0.497 e. The van der Waals surface area contributed by atoms with Crippen molar-refractivity contribution in [2.45, 2.75) is 76.3 Å². The van der Waals surface area contributed by atoms with Crippen molar-refractivity contribution in [1.29, 1.82) is 0 Å². The second-order valence-corrected chi connectivity index (χ2v) is 10.6. The molecule has 0 bridgehead atoms. The van der Waals surface area contributed by atoms with Crippen molar-refractivity contribution in [3.8, 4) is 5.75 Å². The molecule has 0 radical (unpaired) electrons. The Bertz CT molecular complexity index is 1330. The van der Waals surface area contributed by atoms with Crippen LogP contribution in [-0.4, -0.2) is 44.4 Å². The zero-order chi connectivity index (χ0) is 27.6. The summed E-state index contributed by atoms with van der Waals surface area (Å²) in [5, 5.41) is 10.7. The summed E-state index contributed by atoms with van der Waals surface area (Å²) in [6.07, 6.45) is 8.31. The van der Waals surface area contributed by atoms with Gasteiger partial charge in [0.2, 0.25) is 11.8 Å². The largest absolute Gasteiger partial charge is 0.497 e. The maximum absolute atomic E-state index is 14.0. The number of hydrogen-bond acceptors (Lipinski definition) is 6. The zero-order valence-electron chi connectivity index (χ0n) is 22.2. The molecule has 3 aromatic heterocycles. The number of carbonyl (C=O) groups excluding carboxylic acids is 2. The lowest BCUT2D eigenvalue weighted by Gasteiger charge is -2.33.